The van der Waals surface area contributed by atoms with Crippen LogP contribution in [-0.2, 0) is 4.79 Å². The van der Waals surface area contributed by atoms with Gasteiger partial charge >= 0.3 is 0 Å². The van der Waals surface area contributed by atoms with E-state index in [1.54, 1.807) is 15.8 Å². The summed E-state index contributed by atoms with van der Waals surface area (Å²) in [6.45, 7) is 1.64. The fourth-order valence-electron chi connectivity index (χ4n) is 4.42. The first-order chi connectivity index (χ1) is 18.2. The number of ketones is 1. The average molecular weight is 499 g/mol. The van der Waals surface area contributed by atoms with Crippen molar-refractivity contribution in [2.75, 3.05) is 38.2 Å². The molecule has 1 amide bonds. The van der Waals surface area contributed by atoms with E-state index < -0.39 is 11.7 Å². The van der Waals surface area contributed by atoms with Crippen molar-refractivity contribution in [3.8, 4) is 17.3 Å². The number of piperazine rings is 1. The van der Waals surface area contributed by atoms with E-state index in [0.717, 1.165) is 5.69 Å². The lowest BCUT2D eigenvalue weighted by atomic mass is 10.1. The molecule has 0 atom stereocenters. The van der Waals surface area contributed by atoms with Gasteiger partial charge in [0.2, 0.25) is 5.95 Å². The van der Waals surface area contributed by atoms with Crippen LogP contribution in [0.2, 0.25) is 0 Å². The number of rotatable bonds is 6. The fraction of sp³-hybridized carbons (Fsp3) is 0.217. The molecule has 186 valence electrons. The van der Waals surface area contributed by atoms with Gasteiger partial charge in [0.05, 0.1) is 47.9 Å². The minimum Gasteiger partial charge on any atom is -0.494 e. The smallest absolute Gasteiger partial charge is 0.295 e. The van der Waals surface area contributed by atoms with Gasteiger partial charge in [0, 0.05) is 32.4 Å². The maximum Gasteiger partial charge on any atom is 0.295 e. The quantitative estimate of drug-likeness (QED) is 0.260. The Kier molecular flexibility index (Phi) is 5.52. The molecular formula is C23H21N11O3. The number of fused-ring (bicyclic) bond motifs is 1. The number of amides is 1. The monoisotopic (exact) mass is 499 g/mol. The van der Waals surface area contributed by atoms with Crippen molar-refractivity contribution in [3.63, 3.8) is 0 Å². The van der Waals surface area contributed by atoms with E-state index in [2.05, 4.69) is 35.8 Å². The molecule has 1 saturated heterocycles. The van der Waals surface area contributed by atoms with Crippen LogP contribution in [0.5, 0.6) is 5.75 Å². The Morgan fingerprint density at radius 2 is 1.86 bits per heavy atom. The Labute approximate surface area is 209 Å². The molecule has 4 aromatic heterocycles. The Balaban J connectivity index is 1.22. The van der Waals surface area contributed by atoms with Gasteiger partial charge in [0.25, 0.3) is 11.7 Å². The second-order valence-corrected chi connectivity index (χ2v) is 8.28. The normalized spacial score (nSPS) is 13.8. The molecule has 1 fully saturated rings. The molecule has 1 aliphatic heterocycles. The van der Waals surface area contributed by atoms with Crippen molar-refractivity contribution in [1.29, 1.82) is 0 Å². The molecule has 0 saturated carbocycles. The summed E-state index contributed by atoms with van der Waals surface area (Å²) in [5.41, 5.74) is 1.55. The van der Waals surface area contributed by atoms with E-state index in [1.165, 1.54) is 30.4 Å². The summed E-state index contributed by atoms with van der Waals surface area (Å²) in [6, 6.07) is 9.57. The lowest BCUT2D eigenvalue weighted by Gasteiger charge is -2.34. The van der Waals surface area contributed by atoms with Crippen molar-refractivity contribution in [2.45, 2.75) is 0 Å². The molecule has 0 spiro atoms. The van der Waals surface area contributed by atoms with Crippen LogP contribution in [0.1, 0.15) is 10.4 Å². The molecule has 1 aliphatic rings. The number of hydrogen-bond acceptors (Lipinski definition) is 10. The van der Waals surface area contributed by atoms with Crippen LogP contribution in [0.25, 0.3) is 22.4 Å². The zero-order chi connectivity index (χ0) is 25.4. The molecular weight excluding hydrogens is 478 g/mol. The van der Waals surface area contributed by atoms with Gasteiger partial charge in [-0.05, 0) is 22.6 Å². The number of hydrogen-bond donors (Lipinski definition) is 1. The SMILES string of the molecule is COc1cnc(-n2ccnn2)c2[nH]cc(C(=O)C(=O)N3CCN(c4nnnn4-c4ccccc4)CC3)c12. The minimum atomic E-state index is -0.636. The number of aromatic amines is 1. The Bertz CT molecular complexity index is 1570. The number of anilines is 1. The second kappa shape index (κ2) is 9.14. The summed E-state index contributed by atoms with van der Waals surface area (Å²) in [7, 11) is 1.48. The predicted octanol–water partition coefficient (Wildman–Crippen LogP) is 0.659. The lowest BCUT2D eigenvalue weighted by Crippen LogP contribution is -2.51. The highest BCUT2D eigenvalue weighted by molar-refractivity contribution is 6.45. The van der Waals surface area contributed by atoms with E-state index in [4.69, 9.17) is 4.74 Å². The van der Waals surface area contributed by atoms with Crippen LogP contribution in [0.15, 0.2) is 55.1 Å². The van der Waals surface area contributed by atoms with Crippen LogP contribution >= 0.6 is 0 Å². The molecule has 0 aliphatic carbocycles. The van der Waals surface area contributed by atoms with Crippen LogP contribution in [0.3, 0.4) is 0 Å². The molecule has 1 N–H and O–H groups in total. The molecule has 5 heterocycles. The van der Waals surface area contributed by atoms with Crippen molar-refractivity contribution in [3.05, 3.63) is 60.7 Å². The lowest BCUT2D eigenvalue weighted by molar-refractivity contribution is -0.126. The molecule has 14 nitrogen and oxygen atoms in total. The average Bonchev–Trinajstić information content (AvgIpc) is 3.73. The molecule has 0 unspecified atom stereocenters. The Hall–Kier alpha value is -5.14. The predicted molar refractivity (Wildman–Crippen MR) is 130 cm³/mol. The summed E-state index contributed by atoms with van der Waals surface area (Å²) < 4.78 is 8.57. The Morgan fingerprint density at radius 1 is 1.05 bits per heavy atom. The van der Waals surface area contributed by atoms with Crippen molar-refractivity contribution in [2.24, 2.45) is 0 Å². The highest BCUT2D eigenvalue weighted by Crippen LogP contribution is 2.32. The standard InChI is InChI=1S/C23H21N11O3/c1-37-17-14-25-21(33-8-7-26-29-33)19-18(17)16(13-24-19)20(35)22(36)31-9-11-32(12-10-31)23-27-28-30-34(23)15-5-3-2-4-6-15/h2-8,13-14,24H,9-12H2,1H3. The summed E-state index contributed by atoms with van der Waals surface area (Å²) in [5, 5.41) is 20.3. The van der Waals surface area contributed by atoms with Gasteiger partial charge in [0.1, 0.15) is 5.75 Å². The third kappa shape index (κ3) is 3.84. The number of methoxy groups -OCH3 is 1. The van der Waals surface area contributed by atoms with E-state index >= 15 is 0 Å². The first-order valence-electron chi connectivity index (χ1n) is 11.5. The van der Waals surface area contributed by atoms with Crippen molar-refractivity contribution in [1.82, 2.24) is 50.1 Å². The van der Waals surface area contributed by atoms with Gasteiger partial charge in [-0.25, -0.2) is 9.67 Å². The number of ether oxygens (including phenoxy) is 1. The molecule has 0 bridgehead atoms. The summed E-state index contributed by atoms with van der Waals surface area (Å²) in [6.07, 6.45) is 6.15. The maximum absolute atomic E-state index is 13.4. The minimum absolute atomic E-state index is 0.205. The number of aromatic nitrogens is 9. The van der Waals surface area contributed by atoms with Crippen molar-refractivity contribution < 1.29 is 14.3 Å². The van der Waals surface area contributed by atoms with Gasteiger partial charge in [-0.1, -0.05) is 28.5 Å². The van der Waals surface area contributed by atoms with Gasteiger partial charge in [-0.3, -0.25) is 9.59 Å². The van der Waals surface area contributed by atoms with E-state index in [0.29, 0.717) is 54.6 Å². The van der Waals surface area contributed by atoms with E-state index in [9.17, 15) is 9.59 Å². The number of carbonyl (C=O) groups is 2. The molecule has 5 aromatic rings. The zero-order valence-electron chi connectivity index (χ0n) is 19.7. The summed E-state index contributed by atoms with van der Waals surface area (Å²) >= 11 is 0. The number of H-pyrrole nitrogens is 1. The van der Waals surface area contributed by atoms with Crippen LogP contribution in [-0.4, -0.2) is 95.0 Å². The number of Topliss-reactive ketones (excluding diaryl/α,β-unsaturated/α-hetero) is 1. The van der Waals surface area contributed by atoms with Crippen LogP contribution in [0, 0.1) is 0 Å². The largest absolute Gasteiger partial charge is 0.494 e. The van der Waals surface area contributed by atoms with E-state index in [-0.39, 0.29) is 5.56 Å². The summed E-state index contributed by atoms with van der Waals surface area (Å²) in [4.78, 5) is 37.6. The number of nitrogens with zero attached hydrogens (tertiary/aromatic N) is 10. The second-order valence-electron chi connectivity index (χ2n) is 8.28. The number of nitrogens with one attached hydrogen (secondary N) is 1. The number of benzene rings is 1. The number of pyridine rings is 1. The number of tetrazole rings is 1. The molecule has 1 aromatic carbocycles. The fourth-order valence-corrected chi connectivity index (χ4v) is 4.42. The summed E-state index contributed by atoms with van der Waals surface area (Å²) in [5.74, 6) is 0.157. The highest BCUT2D eigenvalue weighted by atomic mass is 16.5. The van der Waals surface area contributed by atoms with Gasteiger partial charge in [-0.2, -0.15) is 4.68 Å². The number of para-hydroxylation sites is 1. The Morgan fingerprint density at radius 3 is 2.59 bits per heavy atom. The first-order valence-corrected chi connectivity index (χ1v) is 11.5. The van der Waals surface area contributed by atoms with Crippen molar-refractivity contribution >= 4 is 28.5 Å². The molecule has 0 radical (unpaired) electrons. The first kappa shape index (κ1) is 22.3. The van der Waals surface area contributed by atoms with Crippen LogP contribution in [0.4, 0.5) is 5.95 Å². The molecule has 14 heteroatoms. The molecule has 37 heavy (non-hydrogen) atoms. The third-order valence-corrected chi connectivity index (χ3v) is 6.26. The zero-order valence-corrected chi connectivity index (χ0v) is 19.7. The maximum atomic E-state index is 13.4. The van der Waals surface area contributed by atoms with Gasteiger partial charge in [0.15, 0.2) is 5.82 Å². The third-order valence-electron chi connectivity index (χ3n) is 6.26. The van der Waals surface area contributed by atoms with E-state index in [1.807, 2.05) is 35.2 Å². The molecule has 6 rings (SSSR count). The van der Waals surface area contributed by atoms with Gasteiger partial charge in [-0.15, -0.1) is 5.10 Å². The topological polar surface area (TPSA) is 153 Å². The van der Waals surface area contributed by atoms with Gasteiger partial charge < -0.3 is 19.5 Å². The van der Waals surface area contributed by atoms with Crippen LogP contribution < -0.4 is 9.64 Å². The number of carbonyl (C=O) groups excluding carboxylic acids is 2. The highest BCUT2D eigenvalue weighted by Gasteiger charge is 2.31.